The molecule has 0 atom stereocenters. The predicted octanol–water partition coefficient (Wildman–Crippen LogP) is 3.43. The third kappa shape index (κ3) is 3.66. The lowest BCUT2D eigenvalue weighted by Crippen LogP contribution is -2.14. The fourth-order valence-corrected chi connectivity index (χ4v) is 2.71. The van der Waals surface area contributed by atoms with Crippen molar-refractivity contribution in [2.75, 3.05) is 11.9 Å². The van der Waals surface area contributed by atoms with E-state index in [0.29, 0.717) is 12.3 Å². The number of anilines is 1. The molecule has 0 bridgehead atoms. The summed E-state index contributed by atoms with van der Waals surface area (Å²) in [6.07, 6.45) is 7.66. The van der Waals surface area contributed by atoms with Gasteiger partial charge in [-0.15, -0.1) is 0 Å². The summed E-state index contributed by atoms with van der Waals surface area (Å²) in [5, 5.41) is 0. The third-order valence-electron chi connectivity index (χ3n) is 3.95. The molecule has 2 rings (SSSR count). The second-order valence-electron chi connectivity index (χ2n) is 5.39. The Bertz CT molecular complexity index is 433. The minimum Gasteiger partial charge on any atom is -0.318 e. The average molecular weight is 259 g/mol. The smallest absolute Gasteiger partial charge is 0.213 e. The lowest BCUT2D eigenvalue weighted by Gasteiger charge is -2.20. The summed E-state index contributed by atoms with van der Waals surface area (Å²) in [6, 6.07) is 7.28. The number of carbonyl (C=O) groups excluding carboxylic acids is 2. The van der Waals surface area contributed by atoms with Crippen molar-refractivity contribution < 1.29 is 9.59 Å². The molecule has 1 amide bonds. The van der Waals surface area contributed by atoms with Crippen molar-refractivity contribution in [1.82, 2.24) is 0 Å². The minimum absolute atomic E-state index is 0.229. The first kappa shape index (κ1) is 13.8. The van der Waals surface area contributed by atoms with Gasteiger partial charge in [0.1, 0.15) is 0 Å². The first-order valence-corrected chi connectivity index (χ1v) is 7.02. The fourth-order valence-electron chi connectivity index (χ4n) is 2.71. The number of ketones is 1. The zero-order chi connectivity index (χ0) is 13.7. The van der Waals surface area contributed by atoms with Crippen LogP contribution in [0.25, 0.3) is 0 Å². The van der Waals surface area contributed by atoms with Gasteiger partial charge in [0.25, 0.3) is 0 Å². The van der Waals surface area contributed by atoms with Crippen LogP contribution in [0.5, 0.6) is 0 Å². The Morgan fingerprint density at radius 1 is 1.21 bits per heavy atom. The van der Waals surface area contributed by atoms with E-state index in [0.717, 1.165) is 17.7 Å². The quantitative estimate of drug-likeness (QED) is 0.600. The van der Waals surface area contributed by atoms with Crippen LogP contribution in [-0.4, -0.2) is 19.2 Å². The average Bonchev–Trinajstić information content (AvgIpc) is 2.47. The molecule has 0 spiro atoms. The topological polar surface area (TPSA) is 37.4 Å². The highest BCUT2D eigenvalue weighted by Crippen LogP contribution is 2.27. The van der Waals surface area contributed by atoms with Gasteiger partial charge >= 0.3 is 0 Å². The van der Waals surface area contributed by atoms with Crippen LogP contribution < -0.4 is 4.90 Å². The maximum atomic E-state index is 12.2. The zero-order valence-corrected chi connectivity index (χ0v) is 11.5. The number of nitrogens with zero attached hydrogens (tertiary/aromatic N) is 1. The Balaban J connectivity index is 1.97. The molecule has 0 N–H and O–H groups in total. The van der Waals surface area contributed by atoms with Gasteiger partial charge in [-0.2, -0.15) is 0 Å². The lowest BCUT2D eigenvalue weighted by atomic mass is 9.85. The van der Waals surface area contributed by atoms with Gasteiger partial charge in [0.2, 0.25) is 6.41 Å². The molecule has 1 saturated carbocycles. The van der Waals surface area contributed by atoms with Crippen LogP contribution in [0.4, 0.5) is 5.69 Å². The van der Waals surface area contributed by atoms with Crippen molar-refractivity contribution in [3.05, 3.63) is 29.8 Å². The highest BCUT2D eigenvalue weighted by atomic mass is 16.1. The third-order valence-corrected chi connectivity index (χ3v) is 3.95. The number of rotatable bonds is 5. The normalized spacial score (nSPS) is 16.1. The minimum atomic E-state index is 0.229. The number of hydrogen-bond acceptors (Lipinski definition) is 2. The van der Waals surface area contributed by atoms with Gasteiger partial charge in [-0.3, -0.25) is 9.59 Å². The molecule has 0 saturated heterocycles. The van der Waals surface area contributed by atoms with Crippen LogP contribution in [0.1, 0.15) is 48.9 Å². The zero-order valence-electron chi connectivity index (χ0n) is 11.5. The number of benzene rings is 1. The molecule has 0 radical (unpaired) electrons. The molecule has 3 heteroatoms. The standard InChI is InChI=1S/C16H21NO2/c1-17(12-18)15-9-7-14(8-10-15)16(19)11-13-5-3-2-4-6-13/h7-10,12-13H,2-6,11H2,1H3. The molecule has 0 heterocycles. The van der Waals surface area contributed by atoms with E-state index >= 15 is 0 Å². The molecule has 1 fully saturated rings. The highest BCUT2D eigenvalue weighted by molar-refractivity contribution is 5.96. The molecule has 0 aliphatic heterocycles. The maximum Gasteiger partial charge on any atom is 0.213 e. The maximum absolute atomic E-state index is 12.2. The molecule has 1 aromatic rings. The van der Waals surface area contributed by atoms with Gasteiger partial charge in [-0.1, -0.05) is 32.1 Å². The SMILES string of the molecule is CN(C=O)c1ccc(C(=O)CC2CCCCC2)cc1. The highest BCUT2D eigenvalue weighted by Gasteiger charge is 2.17. The largest absolute Gasteiger partial charge is 0.318 e. The molecular formula is C16H21NO2. The van der Waals surface area contributed by atoms with E-state index in [9.17, 15) is 9.59 Å². The molecule has 3 nitrogen and oxygen atoms in total. The second-order valence-corrected chi connectivity index (χ2v) is 5.39. The van der Waals surface area contributed by atoms with E-state index in [2.05, 4.69) is 0 Å². The number of carbonyl (C=O) groups is 2. The second kappa shape index (κ2) is 6.50. The van der Waals surface area contributed by atoms with E-state index in [4.69, 9.17) is 0 Å². The van der Waals surface area contributed by atoms with E-state index < -0.39 is 0 Å². The lowest BCUT2D eigenvalue weighted by molar-refractivity contribution is -0.107. The molecular weight excluding hydrogens is 238 g/mol. The fraction of sp³-hybridized carbons (Fsp3) is 0.500. The van der Waals surface area contributed by atoms with Crippen molar-refractivity contribution in [3.8, 4) is 0 Å². The van der Waals surface area contributed by atoms with Crippen LogP contribution in [-0.2, 0) is 4.79 Å². The number of amides is 1. The van der Waals surface area contributed by atoms with Gasteiger partial charge < -0.3 is 4.90 Å². The predicted molar refractivity (Wildman–Crippen MR) is 76.4 cm³/mol. The van der Waals surface area contributed by atoms with Crippen molar-refractivity contribution in [2.24, 2.45) is 5.92 Å². The first-order valence-electron chi connectivity index (χ1n) is 7.02. The van der Waals surface area contributed by atoms with Crippen LogP contribution in [0.3, 0.4) is 0 Å². The van der Waals surface area contributed by atoms with Gasteiger partial charge in [0, 0.05) is 24.7 Å². The van der Waals surface area contributed by atoms with E-state index in [-0.39, 0.29) is 5.78 Å². The van der Waals surface area contributed by atoms with Crippen molar-refractivity contribution in [1.29, 1.82) is 0 Å². The summed E-state index contributed by atoms with van der Waals surface area (Å²) in [5.74, 6) is 0.797. The molecule has 102 valence electrons. The summed E-state index contributed by atoms with van der Waals surface area (Å²) in [4.78, 5) is 24.3. The van der Waals surface area contributed by atoms with Crippen LogP contribution >= 0.6 is 0 Å². The summed E-state index contributed by atoms with van der Waals surface area (Å²) < 4.78 is 0. The van der Waals surface area contributed by atoms with Crippen molar-refractivity contribution >= 4 is 17.9 Å². The summed E-state index contributed by atoms with van der Waals surface area (Å²) in [7, 11) is 1.70. The van der Waals surface area contributed by atoms with Crippen LogP contribution in [0.2, 0.25) is 0 Å². The molecule has 1 aromatic carbocycles. The van der Waals surface area contributed by atoms with E-state index in [1.54, 1.807) is 7.05 Å². The Morgan fingerprint density at radius 2 is 1.84 bits per heavy atom. The van der Waals surface area contributed by atoms with Gasteiger partial charge in [0.05, 0.1) is 0 Å². The summed E-state index contributed by atoms with van der Waals surface area (Å²) >= 11 is 0. The monoisotopic (exact) mass is 259 g/mol. The Labute approximate surface area is 114 Å². The Kier molecular flexibility index (Phi) is 4.72. The molecule has 0 unspecified atom stereocenters. The summed E-state index contributed by atoms with van der Waals surface area (Å²) in [5.41, 5.74) is 1.57. The van der Waals surface area contributed by atoms with Crippen molar-refractivity contribution in [2.45, 2.75) is 38.5 Å². The number of Topliss-reactive ketones (excluding diaryl/α,β-unsaturated/α-hetero) is 1. The molecule has 19 heavy (non-hydrogen) atoms. The molecule has 0 aromatic heterocycles. The Morgan fingerprint density at radius 3 is 2.42 bits per heavy atom. The molecule has 1 aliphatic rings. The van der Waals surface area contributed by atoms with Gasteiger partial charge in [-0.05, 0) is 30.2 Å². The summed E-state index contributed by atoms with van der Waals surface area (Å²) in [6.45, 7) is 0. The first-order chi connectivity index (χ1) is 9.20. The van der Waals surface area contributed by atoms with Gasteiger partial charge in [0.15, 0.2) is 5.78 Å². The van der Waals surface area contributed by atoms with Crippen LogP contribution in [0.15, 0.2) is 24.3 Å². The van der Waals surface area contributed by atoms with E-state index in [1.165, 1.54) is 37.0 Å². The van der Waals surface area contributed by atoms with Gasteiger partial charge in [-0.25, -0.2) is 0 Å². The van der Waals surface area contributed by atoms with E-state index in [1.807, 2.05) is 24.3 Å². The van der Waals surface area contributed by atoms with Crippen molar-refractivity contribution in [3.63, 3.8) is 0 Å². The Hall–Kier alpha value is -1.64. The van der Waals surface area contributed by atoms with Crippen LogP contribution in [0, 0.1) is 5.92 Å². The molecule has 1 aliphatic carbocycles. The number of hydrogen-bond donors (Lipinski definition) is 0.